The highest BCUT2D eigenvalue weighted by Gasteiger charge is 2.47. The van der Waals surface area contributed by atoms with Crippen molar-refractivity contribution < 1.29 is 0 Å². The lowest BCUT2D eigenvalue weighted by molar-refractivity contribution is 0.332. The number of hydrogen-bond acceptors (Lipinski definition) is 3. The molecule has 3 aliphatic rings. The smallest absolute Gasteiger partial charge is 0.264 e. The fourth-order valence-electron chi connectivity index (χ4n) is 12.2. The van der Waals surface area contributed by atoms with E-state index in [1.54, 1.807) is 0 Å². The number of rotatable bonds is 3. The van der Waals surface area contributed by atoms with E-state index in [1.165, 1.54) is 128 Å². The van der Waals surface area contributed by atoms with Crippen LogP contribution in [0.1, 0.15) is 210 Å². The molecule has 6 aromatic carbocycles. The van der Waals surface area contributed by atoms with E-state index in [4.69, 9.17) is 0 Å². The first-order valence-electron chi connectivity index (χ1n) is 27.9. The number of nitrogens with zero attached hydrogens (tertiary/aromatic N) is 2. The minimum absolute atomic E-state index is 0.00397. The van der Waals surface area contributed by atoms with Gasteiger partial charge in [-0.15, -0.1) is 11.3 Å². The Bertz CT molecular complexity index is 3370. The summed E-state index contributed by atoms with van der Waals surface area (Å²) in [5.74, 6) is 0. The summed E-state index contributed by atoms with van der Waals surface area (Å²) in [6.45, 7) is 52.6. The predicted octanol–water partition coefficient (Wildman–Crippen LogP) is 18.8. The van der Waals surface area contributed by atoms with Gasteiger partial charge in [-0.3, -0.25) is 0 Å². The summed E-state index contributed by atoms with van der Waals surface area (Å²) in [6.07, 6.45) is 2.36. The van der Waals surface area contributed by atoms with Crippen molar-refractivity contribution in [2.75, 3.05) is 9.80 Å². The van der Waals surface area contributed by atoms with Gasteiger partial charge in [0.1, 0.15) is 0 Å². The Morgan fingerprint density at radius 2 is 0.892 bits per heavy atom. The molecular weight excluding hydrogens is 912 g/mol. The zero-order valence-corrected chi connectivity index (χ0v) is 50.4. The molecule has 7 aromatic rings. The largest absolute Gasteiger partial charge is 0.311 e. The Hall–Kier alpha value is -5.06. The molecule has 0 fully saturated rings. The second-order valence-electron chi connectivity index (χ2n) is 30.4. The van der Waals surface area contributed by atoms with Gasteiger partial charge in [0.05, 0.1) is 11.4 Å². The second kappa shape index (κ2) is 16.7. The van der Waals surface area contributed by atoms with E-state index in [-0.39, 0.29) is 50.0 Å². The molecule has 10 rings (SSSR count). The van der Waals surface area contributed by atoms with Crippen molar-refractivity contribution >= 4 is 78.0 Å². The number of thiophene rings is 1. The summed E-state index contributed by atoms with van der Waals surface area (Å²) >= 11 is 2.02. The zero-order valence-electron chi connectivity index (χ0n) is 49.6. The standard InChI is InChI=1S/C70H87BN2S/c1-63(2,3)43-24-29-55(50(36-43)42-33-46(66(10,11)12)35-47(34-42)67(13,14)15)73-56-38-45(65(7,8)9)23-28-54(56)71-60-57(39-48(40-58(60)73)68(16,17)18)72(49-26-27-52-53(41-49)70(21,22)32-31-69(52,19)20)61-51-37-44(64(4,5)6)25-30-59(51)74-62(61)71/h23-30,33-41H,31-32H2,1-22H3. The Labute approximate surface area is 452 Å². The average Bonchev–Trinajstić information content (AvgIpc) is 3.66. The SMILES string of the molecule is CC(C)(C)c1cc(-c2cc(C(C)(C)C)ccc2N2c3cc(C(C)(C)C)ccc3B3c4sc5ccc(C(C)(C)C)cc5c4N(c4ccc5c(c4)C(C)(C)CCC5(C)C)c4cc(C(C)(C)C)cc2c43)cc(C(C)(C)C)c1. The third kappa shape index (κ3) is 8.79. The van der Waals surface area contributed by atoms with Crippen LogP contribution in [0.25, 0.3) is 21.2 Å². The van der Waals surface area contributed by atoms with Gasteiger partial charge in [-0.25, -0.2) is 0 Å². The molecule has 0 radical (unpaired) electrons. The first kappa shape index (κ1) is 52.4. The number of fused-ring (bicyclic) bond motifs is 7. The molecule has 0 N–H and O–H groups in total. The highest BCUT2D eigenvalue weighted by Crippen LogP contribution is 2.54. The Morgan fingerprint density at radius 3 is 1.46 bits per heavy atom. The van der Waals surface area contributed by atoms with E-state index in [0.717, 1.165) is 0 Å². The van der Waals surface area contributed by atoms with Gasteiger partial charge in [0, 0.05) is 43.2 Å². The normalized spacial score (nSPS) is 16.5. The molecule has 0 bridgehead atoms. The van der Waals surface area contributed by atoms with Crippen LogP contribution in [0.15, 0.2) is 103 Å². The van der Waals surface area contributed by atoms with Gasteiger partial charge in [0.25, 0.3) is 6.71 Å². The van der Waals surface area contributed by atoms with Crippen molar-refractivity contribution in [3.05, 3.63) is 148 Å². The molecule has 0 saturated carbocycles. The van der Waals surface area contributed by atoms with Gasteiger partial charge >= 0.3 is 0 Å². The topological polar surface area (TPSA) is 6.48 Å². The third-order valence-electron chi connectivity index (χ3n) is 17.4. The van der Waals surface area contributed by atoms with E-state index < -0.39 is 0 Å². The summed E-state index contributed by atoms with van der Waals surface area (Å²) in [4.78, 5) is 5.46. The van der Waals surface area contributed by atoms with E-state index >= 15 is 0 Å². The van der Waals surface area contributed by atoms with Gasteiger partial charge < -0.3 is 9.80 Å². The van der Waals surface area contributed by atoms with Crippen molar-refractivity contribution in [3.63, 3.8) is 0 Å². The monoisotopic (exact) mass is 999 g/mol. The second-order valence-corrected chi connectivity index (χ2v) is 31.4. The molecule has 74 heavy (non-hydrogen) atoms. The summed E-state index contributed by atoms with van der Waals surface area (Å²) in [7, 11) is 0. The molecule has 0 amide bonds. The quantitative estimate of drug-likeness (QED) is 0.163. The number of anilines is 6. The van der Waals surface area contributed by atoms with Gasteiger partial charge in [-0.2, -0.15) is 0 Å². The molecule has 0 unspecified atom stereocenters. The zero-order chi connectivity index (χ0) is 54.0. The fourth-order valence-corrected chi connectivity index (χ4v) is 13.5. The van der Waals surface area contributed by atoms with Crippen molar-refractivity contribution in [1.82, 2.24) is 0 Å². The van der Waals surface area contributed by atoms with Crippen molar-refractivity contribution in [1.29, 1.82) is 0 Å². The summed E-state index contributed by atoms with van der Waals surface area (Å²) in [6, 6.07) is 42.6. The average molecular weight is 999 g/mol. The molecule has 2 aliphatic heterocycles. The molecule has 1 aromatic heterocycles. The molecule has 3 heterocycles. The van der Waals surface area contributed by atoms with Crippen LogP contribution in [0.3, 0.4) is 0 Å². The third-order valence-corrected chi connectivity index (χ3v) is 18.7. The predicted molar refractivity (Wildman–Crippen MR) is 329 cm³/mol. The Morgan fingerprint density at radius 1 is 0.419 bits per heavy atom. The van der Waals surface area contributed by atoms with Gasteiger partial charge in [0.15, 0.2) is 0 Å². The number of benzene rings is 6. The van der Waals surface area contributed by atoms with Crippen LogP contribution in [0, 0.1) is 0 Å². The lowest BCUT2D eigenvalue weighted by Gasteiger charge is -2.46. The summed E-state index contributed by atoms with van der Waals surface area (Å²) in [5, 5.41) is 1.35. The molecular formula is C70H87BN2S. The van der Waals surface area contributed by atoms with Crippen LogP contribution in [0.5, 0.6) is 0 Å². The molecule has 386 valence electrons. The van der Waals surface area contributed by atoms with Crippen LogP contribution in [-0.4, -0.2) is 6.71 Å². The van der Waals surface area contributed by atoms with Crippen LogP contribution < -0.4 is 25.5 Å². The molecule has 4 heteroatoms. The van der Waals surface area contributed by atoms with Gasteiger partial charge in [-0.1, -0.05) is 201 Å². The molecule has 2 nitrogen and oxygen atoms in total. The maximum absolute atomic E-state index is 2.74. The first-order valence-corrected chi connectivity index (χ1v) is 28.7. The van der Waals surface area contributed by atoms with Crippen LogP contribution in [0.4, 0.5) is 34.1 Å². The minimum atomic E-state index is -0.147. The minimum Gasteiger partial charge on any atom is -0.311 e. The van der Waals surface area contributed by atoms with Gasteiger partial charge in [-0.05, 0) is 172 Å². The van der Waals surface area contributed by atoms with Crippen LogP contribution in [-0.2, 0) is 43.3 Å². The van der Waals surface area contributed by atoms with Crippen LogP contribution >= 0.6 is 11.3 Å². The lowest BCUT2D eigenvalue weighted by Crippen LogP contribution is -2.60. The van der Waals surface area contributed by atoms with E-state index in [2.05, 4.69) is 265 Å². The maximum Gasteiger partial charge on any atom is 0.264 e. The molecule has 1 aliphatic carbocycles. The fraction of sp³-hybridized carbons (Fsp3) is 0.457. The summed E-state index contributed by atoms with van der Waals surface area (Å²) < 4.78 is 2.78. The van der Waals surface area contributed by atoms with Crippen molar-refractivity contribution in [2.45, 2.75) is 208 Å². The first-order chi connectivity index (χ1) is 33.9. The maximum atomic E-state index is 2.74. The lowest BCUT2D eigenvalue weighted by atomic mass is 9.36. The molecule has 0 atom stereocenters. The highest BCUT2D eigenvalue weighted by molar-refractivity contribution is 7.33. The summed E-state index contributed by atoms with van der Waals surface area (Å²) in [5.41, 5.74) is 24.0. The number of hydrogen-bond donors (Lipinski definition) is 0. The Kier molecular flexibility index (Phi) is 11.8. The van der Waals surface area contributed by atoms with E-state index in [9.17, 15) is 0 Å². The van der Waals surface area contributed by atoms with E-state index in [0.29, 0.717) is 0 Å². The Balaban J connectivity index is 1.38. The van der Waals surface area contributed by atoms with Crippen LogP contribution in [0.2, 0.25) is 0 Å². The van der Waals surface area contributed by atoms with Crippen molar-refractivity contribution in [3.8, 4) is 11.1 Å². The highest BCUT2D eigenvalue weighted by atomic mass is 32.1. The van der Waals surface area contributed by atoms with Gasteiger partial charge in [0.2, 0.25) is 0 Å². The van der Waals surface area contributed by atoms with E-state index in [1.807, 2.05) is 11.3 Å². The van der Waals surface area contributed by atoms with Crippen molar-refractivity contribution in [2.24, 2.45) is 0 Å². The molecule has 0 saturated heterocycles. The molecule has 0 spiro atoms.